The molecule has 34 heavy (non-hydrogen) atoms. The van der Waals surface area contributed by atoms with Gasteiger partial charge in [-0.3, -0.25) is 14.6 Å². The van der Waals surface area contributed by atoms with Gasteiger partial charge in [-0.15, -0.1) is 12.4 Å². The Labute approximate surface area is 211 Å². The Hall–Kier alpha value is -2.39. The van der Waals surface area contributed by atoms with Crippen LogP contribution in [0.4, 0.5) is 5.13 Å². The lowest BCUT2D eigenvalue weighted by molar-refractivity contribution is 0.0376. The van der Waals surface area contributed by atoms with E-state index in [-0.39, 0.29) is 24.4 Å². The van der Waals surface area contributed by atoms with Crippen LogP contribution >= 0.6 is 23.7 Å². The maximum absolute atomic E-state index is 13.6. The van der Waals surface area contributed by atoms with Gasteiger partial charge in [-0.2, -0.15) is 0 Å². The van der Waals surface area contributed by atoms with Crippen molar-refractivity contribution < 1.29 is 19.0 Å². The highest BCUT2D eigenvalue weighted by atomic mass is 35.5. The fourth-order valence-corrected chi connectivity index (χ4v) is 4.77. The zero-order valence-electron chi connectivity index (χ0n) is 19.9. The maximum Gasteiger partial charge on any atom is 0.260 e. The third-order valence-corrected chi connectivity index (χ3v) is 6.55. The molecule has 1 aliphatic rings. The van der Waals surface area contributed by atoms with Crippen LogP contribution < -0.4 is 14.4 Å². The van der Waals surface area contributed by atoms with E-state index in [9.17, 15) is 4.79 Å². The summed E-state index contributed by atoms with van der Waals surface area (Å²) in [5, 5.41) is 0.702. The number of carbonyl (C=O) groups is 1. The van der Waals surface area contributed by atoms with Crippen molar-refractivity contribution in [2.45, 2.75) is 26.4 Å². The summed E-state index contributed by atoms with van der Waals surface area (Å²) in [7, 11) is 1.64. The molecule has 0 bridgehead atoms. The van der Waals surface area contributed by atoms with Crippen LogP contribution in [0.25, 0.3) is 10.2 Å². The van der Waals surface area contributed by atoms with Crippen molar-refractivity contribution in [1.29, 1.82) is 0 Å². The van der Waals surface area contributed by atoms with Gasteiger partial charge in [0.2, 0.25) is 0 Å². The van der Waals surface area contributed by atoms with E-state index in [2.05, 4.69) is 4.90 Å². The summed E-state index contributed by atoms with van der Waals surface area (Å²) in [5.41, 5.74) is 1.45. The highest BCUT2D eigenvalue weighted by Crippen LogP contribution is 2.32. The zero-order valence-corrected chi connectivity index (χ0v) is 21.5. The van der Waals surface area contributed by atoms with E-state index in [1.807, 2.05) is 56.3 Å². The van der Waals surface area contributed by atoms with Gasteiger partial charge in [0.25, 0.3) is 5.91 Å². The Morgan fingerprint density at radius 2 is 1.85 bits per heavy atom. The predicted octanol–water partition coefficient (Wildman–Crippen LogP) is 4.88. The van der Waals surface area contributed by atoms with Crippen molar-refractivity contribution in [3.05, 3.63) is 48.0 Å². The third kappa shape index (κ3) is 6.60. The summed E-state index contributed by atoms with van der Waals surface area (Å²) in [6.45, 7) is 8.90. The molecule has 9 heteroatoms. The summed E-state index contributed by atoms with van der Waals surface area (Å²) in [5.74, 6) is 1.46. The number of fused-ring (bicyclic) bond motifs is 1. The fraction of sp³-hybridized carbons (Fsp3) is 0.440. The van der Waals surface area contributed by atoms with Crippen molar-refractivity contribution in [2.24, 2.45) is 0 Å². The van der Waals surface area contributed by atoms with Crippen molar-refractivity contribution >= 4 is 45.0 Å². The SMILES string of the molecule is COc1ccc2sc(N(CCCN3CCOCC3)C(=O)c3ccc(OC(C)C)cc3)nc2c1.Cl. The summed E-state index contributed by atoms with van der Waals surface area (Å²) < 4.78 is 17.5. The molecule has 2 heterocycles. The molecule has 7 nitrogen and oxygen atoms in total. The molecule has 0 saturated carbocycles. The van der Waals surface area contributed by atoms with E-state index in [1.165, 1.54) is 11.3 Å². The van der Waals surface area contributed by atoms with E-state index >= 15 is 0 Å². The van der Waals surface area contributed by atoms with Crippen molar-refractivity contribution in [2.75, 3.05) is 51.4 Å². The van der Waals surface area contributed by atoms with Gasteiger partial charge in [0.05, 0.1) is 36.6 Å². The Kier molecular flexibility index (Phi) is 9.53. The number of hydrogen-bond acceptors (Lipinski definition) is 7. The second kappa shape index (κ2) is 12.4. The standard InChI is InChI=1S/C25H31N3O4S.ClH/c1-18(2)32-20-7-5-19(6-8-20)24(29)28(12-4-11-27-13-15-31-16-14-27)25-26-22-17-21(30-3)9-10-23(22)33-25;/h5-10,17-18H,4,11-16H2,1-3H3;1H. The van der Waals surface area contributed by atoms with E-state index in [0.717, 1.165) is 61.0 Å². The quantitative estimate of drug-likeness (QED) is 0.413. The molecule has 0 atom stereocenters. The van der Waals surface area contributed by atoms with Crippen LogP contribution in [0.5, 0.6) is 11.5 Å². The Morgan fingerprint density at radius 1 is 1.15 bits per heavy atom. The van der Waals surface area contributed by atoms with Gasteiger partial charge >= 0.3 is 0 Å². The molecule has 0 spiro atoms. The van der Waals surface area contributed by atoms with Crippen LogP contribution in [-0.4, -0.2) is 68.4 Å². The Balaban J connectivity index is 0.00000324. The van der Waals surface area contributed by atoms with Crippen LogP contribution in [-0.2, 0) is 4.74 Å². The first-order valence-corrected chi connectivity index (χ1v) is 12.2. The second-order valence-electron chi connectivity index (χ2n) is 8.29. The minimum Gasteiger partial charge on any atom is -0.497 e. The number of benzene rings is 2. The van der Waals surface area contributed by atoms with Gasteiger partial charge in [0, 0.05) is 37.8 Å². The number of rotatable bonds is 9. The van der Waals surface area contributed by atoms with Crippen molar-refractivity contribution in [3.8, 4) is 11.5 Å². The van der Waals surface area contributed by atoms with Crippen molar-refractivity contribution in [1.82, 2.24) is 9.88 Å². The maximum atomic E-state index is 13.6. The summed E-state index contributed by atoms with van der Waals surface area (Å²) in [6.07, 6.45) is 0.947. The monoisotopic (exact) mass is 505 g/mol. The van der Waals surface area contributed by atoms with Gasteiger partial charge in [-0.1, -0.05) is 11.3 Å². The van der Waals surface area contributed by atoms with Crippen LogP contribution in [0.15, 0.2) is 42.5 Å². The summed E-state index contributed by atoms with van der Waals surface area (Å²) in [6, 6.07) is 13.2. The molecule has 0 N–H and O–H groups in total. The lowest BCUT2D eigenvalue weighted by atomic mass is 10.2. The van der Waals surface area contributed by atoms with Crippen molar-refractivity contribution in [3.63, 3.8) is 0 Å². The Bertz CT molecular complexity index is 1070. The molecule has 0 radical (unpaired) electrons. The molecule has 1 amide bonds. The number of thiazole rings is 1. The van der Waals surface area contributed by atoms with Gasteiger partial charge in [0.1, 0.15) is 11.5 Å². The highest BCUT2D eigenvalue weighted by Gasteiger charge is 2.22. The average molecular weight is 506 g/mol. The van der Waals surface area contributed by atoms with E-state index in [0.29, 0.717) is 17.2 Å². The van der Waals surface area contributed by atoms with Crippen LogP contribution in [0, 0.1) is 0 Å². The lowest BCUT2D eigenvalue weighted by Crippen LogP contribution is -2.39. The van der Waals surface area contributed by atoms with Crippen LogP contribution in [0.1, 0.15) is 30.6 Å². The normalized spacial score (nSPS) is 14.1. The fourth-order valence-electron chi connectivity index (χ4n) is 3.80. The van der Waals surface area contributed by atoms with Crippen LogP contribution in [0.3, 0.4) is 0 Å². The minimum atomic E-state index is -0.0564. The van der Waals surface area contributed by atoms with Crippen LogP contribution in [0.2, 0.25) is 0 Å². The molecule has 4 rings (SSSR count). The number of halogens is 1. The molecular formula is C25H32ClN3O4S. The number of anilines is 1. The first-order chi connectivity index (χ1) is 16.0. The molecule has 1 saturated heterocycles. The second-order valence-corrected chi connectivity index (χ2v) is 9.29. The first kappa shape index (κ1) is 26.2. The van der Waals surface area contributed by atoms with Gasteiger partial charge in [0.15, 0.2) is 5.13 Å². The lowest BCUT2D eigenvalue weighted by Gasteiger charge is -2.27. The molecular weight excluding hydrogens is 474 g/mol. The smallest absolute Gasteiger partial charge is 0.260 e. The molecule has 1 aromatic heterocycles. The van der Waals surface area contributed by atoms with E-state index < -0.39 is 0 Å². The number of ether oxygens (including phenoxy) is 3. The zero-order chi connectivity index (χ0) is 23.2. The van der Waals surface area contributed by atoms with E-state index in [4.69, 9.17) is 19.2 Å². The highest BCUT2D eigenvalue weighted by molar-refractivity contribution is 7.22. The van der Waals surface area contributed by atoms with E-state index in [1.54, 1.807) is 12.0 Å². The molecule has 1 fully saturated rings. The molecule has 184 valence electrons. The minimum absolute atomic E-state index is 0. The number of methoxy groups -OCH3 is 1. The third-order valence-electron chi connectivity index (χ3n) is 5.49. The first-order valence-electron chi connectivity index (χ1n) is 11.4. The number of hydrogen-bond donors (Lipinski definition) is 0. The number of morpholine rings is 1. The summed E-state index contributed by atoms with van der Waals surface area (Å²) in [4.78, 5) is 22.5. The summed E-state index contributed by atoms with van der Waals surface area (Å²) >= 11 is 1.53. The van der Waals surface area contributed by atoms with Gasteiger partial charge < -0.3 is 14.2 Å². The molecule has 0 aliphatic carbocycles. The largest absolute Gasteiger partial charge is 0.497 e. The topological polar surface area (TPSA) is 64.1 Å². The molecule has 3 aromatic rings. The average Bonchev–Trinajstić information content (AvgIpc) is 3.25. The predicted molar refractivity (Wildman–Crippen MR) is 139 cm³/mol. The van der Waals surface area contributed by atoms with Gasteiger partial charge in [-0.25, -0.2) is 4.98 Å². The molecule has 2 aromatic carbocycles. The number of aromatic nitrogens is 1. The number of carbonyl (C=O) groups excluding carboxylic acids is 1. The van der Waals surface area contributed by atoms with Gasteiger partial charge in [-0.05, 0) is 56.7 Å². The number of amides is 1. The number of nitrogens with zero attached hydrogens (tertiary/aromatic N) is 3. The molecule has 0 unspecified atom stereocenters. The molecule has 1 aliphatic heterocycles. The Morgan fingerprint density at radius 3 is 2.53 bits per heavy atom.